The third-order valence-corrected chi connectivity index (χ3v) is 3.59. The van der Waals surface area contributed by atoms with E-state index < -0.39 is 35.2 Å². The summed E-state index contributed by atoms with van der Waals surface area (Å²) < 4.78 is 55.3. The highest BCUT2D eigenvalue weighted by Gasteiger charge is 2.30. The summed E-state index contributed by atoms with van der Waals surface area (Å²) >= 11 is 0. The van der Waals surface area contributed by atoms with Crippen LogP contribution in [0.3, 0.4) is 0 Å². The Balaban J connectivity index is 4.32. The fraction of sp³-hybridized carbons (Fsp3) is 0.875. The maximum absolute atomic E-state index is 12.8. The van der Waals surface area contributed by atoms with Gasteiger partial charge in [0.1, 0.15) is 0 Å². The van der Waals surface area contributed by atoms with E-state index in [4.69, 9.17) is 5.73 Å². The summed E-state index contributed by atoms with van der Waals surface area (Å²) in [6.45, 7) is -2.22. The minimum Gasteiger partial charge on any atom is -0.469 e. The van der Waals surface area contributed by atoms with E-state index in [0.29, 0.717) is 0 Å². The SMILES string of the molecule is COC(=O)CCN(C)S(=O)(=O)NCC(F)(F)CN. The van der Waals surface area contributed by atoms with Gasteiger partial charge in [-0.1, -0.05) is 0 Å². The van der Waals surface area contributed by atoms with Crippen LogP contribution in [0.2, 0.25) is 0 Å². The van der Waals surface area contributed by atoms with Crippen LogP contribution < -0.4 is 10.5 Å². The fourth-order valence-electron chi connectivity index (χ4n) is 0.850. The Kier molecular flexibility index (Phi) is 6.60. The first-order chi connectivity index (χ1) is 8.14. The lowest BCUT2D eigenvalue weighted by molar-refractivity contribution is -0.140. The molecule has 108 valence electrons. The van der Waals surface area contributed by atoms with Crippen molar-refractivity contribution in [2.24, 2.45) is 5.73 Å². The second-order valence-corrected chi connectivity index (χ2v) is 5.40. The molecule has 0 spiro atoms. The number of ether oxygens (including phenoxy) is 1. The lowest BCUT2D eigenvalue weighted by atomic mass is 10.3. The van der Waals surface area contributed by atoms with E-state index in [-0.39, 0.29) is 13.0 Å². The molecule has 0 aromatic heterocycles. The molecule has 18 heavy (non-hydrogen) atoms. The average Bonchev–Trinajstić information content (AvgIpc) is 2.33. The number of alkyl halides is 2. The third kappa shape index (κ3) is 6.19. The number of esters is 1. The van der Waals surface area contributed by atoms with E-state index in [1.807, 2.05) is 0 Å². The van der Waals surface area contributed by atoms with Crippen LogP contribution in [0.4, 0.5) is 8.78 Å². The molecule has 0 radical (unpaired) electrons. The lowest BCUT2D eigenvalue weighted by Crippen LogP contribution is -2.46. The van der Waals surface area contributed by atoms with E-state index in [2.05, 4.69) is 4.74 Å². The van der Waals surface area contributed by atoms with Crippen molar-refractivity contribution in [2.45, 2.75) is 12.3 Å². The average molecular weight is 289 g/mol. The van der Waals surface area contributed by atoms with E-state index in [1.54, 1.807) is 4.72 Å². The van der Waals surface area contributed by atoms with Crippen molar-refractivity contribution in [1.82, 2.24) is 9.03 Å². The van der Waals surface area contributed by atoms with Gasteiger partial charge in [0, 0.05) is 13.6 Å². The summed E-state index contributed by atoms with van der Waals surface area (Å²) in [6, 6.07) is 0. The molecule has 0 aromatic carbocycles. The molecule has 0 saturated carbocycles. The van der Waals surface area contributed by atoms with Gasteiger partial charge in [-0.3, -0.25) is 4.79 Å². The summed E-state index contributed by atoms with van der Waals surface area (Å²) in [4.78, 5) is 10.8. The van der Waals surface area contributed by atoms with Gasteiger partial charge in [0.25, 0.3) is 16.1 Å². The first-order valence-corrected chi connectivity index (χ1v) is 6.44. The zero-order valence-electron chi connectivity index (χ0n) is 10.2. The molecule has 0 amide bonds. The van der Waals surface area contributed by atoms with Crippen molar-refractivity contribution in [3.05, 3.63) is 0 Å². The summed E-state index contributed by atoms with van der Waals surface area (Å²) in [6.07, 6.45) is -0.165. The van der Waals surface area contributed by atoms with Gasteiger partial charge in [-0.05, 0) is 0 Å². The number of hydrogen-bond donors (Lipinski definition) is 2. The van der Waals surface area contributed by atoms with Crippen LogP contribution in [-0.4, -0.2) is 58.4 Å². The third-order valence-electron chi connectivity index (χ3n) is 2.08. The number of carbonyl (C=O) groups is 1. The van der Waals surface area contributed by atoms with Crippen LogP contribution in [0.25, 0.3) is 0 Å². The minimum absolute atomic E-state index is 0.165. The number of methoxy groups -OCH3 is 1. The largest absolute Gasteiger partial charge is 0.469 e. The summed E-state index contributed by atoms with van der Waals surface area (Å²) in [5.74, 6) is -3.90. The molecule has 0 aromatic rings. The number of hydrogen-bond acceptors (Lipinski definition) is 5. The van der Waals surface area contributed by atoms with Crippen LogP contribution >= 0.6 is 0 Å². The number of nitrogens with one attached hydrogen (secondary N) is 1. The molecule has 0 aliphatic carbocycles. The Morgan fingerprint density at radius 3 is 2.50 bits per heavy atom. The van der Waals surface area contributed by atoms with Crippen molar-refractivity contribution in [3.8, 4) is 0 Å². The molecule has 0 unspecified atom stereocenters. The molecule has 0 rings (SSSR count). The van der Waals surface area contributed by atoms with Crippen molar-refractivity contribution >= 4 is 16.2 Å². The van der Waals surface area contributed by atoms with Crippen LogP contribution in [0.5, 0.6) is 0 Å². The van der Waals surface area contributed by atoms with Gasteiger partial charge in [0.05, 0.1) is 26.6 Å². The second kappa shape index (κ2) is 6.92. The Hall–Kier alpha value is -0.840. The van der Waals surface area contributed by atoms with Crippen LogP contribution in [0, 0.1) is 0 Å². The first kappa shape index (κ1) is 17.2. The molecule has 3 N–H and O–H groups in total. The molecule has 0 fully saturated rings. The van der Waals surface area contributed by atoms with Crippen molar-refractivity contribution in [2.75, 3.05) is 33.8 Å². The number of nitrogens with zero attached hydrogens (tertiary/aromatic N) is 1. The van der Waals surface area contributed by atoms with Crippen LogP contribution in [0.15, 0.2) is 0 Å². The normalized spacial score (nSPS) is 12.8. The topological polar surface area (TPSA) is 102 Å². The van der Waals surface area contributed by atoms with E-state index >= 15 is 0 Å². The number of halogens is 2. The highest BCUT2D eigenvalue weighted by molar-refractivity contribution is 7.87. The first-order valence-electron chi connectivity index (χ1n) is 5.00. The summed E-state index contributed by atoms with van der Waals surface area (Å²) in [7, 11) is -1.75. The van der Waals surface area contributed by atoms with Crippen LogP contribution in [0.1, 0.15) is 6.42 Å². The molecule has 0 bridgehead atoms. The summed E-state index contributed by atoms with van der Waals surface area (Å²) in [5, 5.41) is 0. The molecular formula is C8H17F2N3O4S. The lowest BCUT2D eigenvalue weighted by Gasteiger charge is -2.20. The van der Waals surface area contributed by atoms with Gasteiger partial charge in [-0.25, -0.2) is 8.78 Å². The van der Waals surface area contributed by atoms with Gasteiger partial charge in [0.2, 0.25) is 0 Å². The molecule has 0 atom stereocenters. The molecule has 7 nitrogen and oxygen atoms in total. The van der Waals surface area contributed by atoms with Gasteiger partial charge in [0.15, 0.2) is 0 Å². The minimum atomic E-state index is -4.07. The summed E-state index contributed by atoms with van der Waals surface area (Å²) in [5.41, 5.74) is 4.77. The van der Waals surface area contributed by atoms with Crippen LogP contribution in [-0.2, 0) is 19.7 Å². The molecule has 0 saturated heterocycles. The van der Waals surface area contributed by atoms with E-state index in [0.717, 1.165) is 18.5 Å². The number of nitrogens with two attached hydrogens (primary N) is 1. The van der Waals surface area contributed by atoms with Crippen molar-refractivity contribution < 1.29 is 26.7 Å². The molecule has 0 heterocycles. The predicted octanol–water partition coefficient (Wildman–Crippen LogP) is -1.09. The van der Waals surface area contributed by atoms with E-state index in [9.17, 15) is 22.0 Å². The Labute approximate surface area is 104 Å². The molecule has 0 aliphatic rings. The standard InChI is InChI=1S/C8H17F2N3O4S/c1-13(4-3-7(14)17-2)18(15,16)12-6-8(9,10)5-11/h12H,3-6,11H2,1-2H3. The van der Waals surface area contributed by atoms with Gasteiger partial charge < -0.3 is 10.5 Å². The number of carbonyl (C=O) groups excluding carboxylic acids is 1. The quantitative estimate of drug-likeness (QED) is 0.553. The zero-order valence-corrected chi connectivity index (χ0v) is 11.0. The Bertz CT molecular complexity index is 375. The van der Waals surface area contributed by atoms with E-state index in [1.165, 1.54) is 0 Å². The van der Waals surface area contributed by atoms with Gasteiger partial charge >= 0.3 is 5.97 Å². The monoisotopic (exact) mass is 289 g/mol. The van der Waals surface area contributed by atoms with Gasteiger partial charge in [-0.15, -0.1) is 0 Å². The van der Waals surface area contributed by atoms with Gasteiger partial charge in [-0.2, -0.15) is 17.4 Å². The predicted molar refractivity (Wildman–Crippen MR) is 60.2 cm³/mol. The van der Waals surface area contributed by atoms with Crippen molar-refractivity contribution in [3.63, 3.8) is 0 Å². The smallest absolute Gasteiger partial charge is 0.306 e. The Morgan fingerprint density at radius 1 is 1.50 bits per heavy atom. The highest BCUT2D eigenvalue weighted by Crippen LogP contribution is 2.10. The number of rotatable bonds is 8. The fourth-order valence-corrected chi connectivity index (χ4v) is 1.80. The Morgan fingerprint density at radius 2 is 2.06 bits per heavy atom. The molecular weight excluding hydrogens is 272 g/mol. The highest BCUT2D eigenvalue weighted by atomic mass is 32.2. The zero-order chi connectivity index (χ0) is 14.4. The molecule has 0 aliphatic heterocycles. The van der Waals surface area contributed by atoms with Crippen molar-refractivity contribution in [1.29, 1.82) is 0 Å². The maximum Gasteiger partial charge on any atom is 0.306 e. The second-order valence-electron chi connectivity index (χ2n) is 3.53. The maximum atomic E-state index is 12.8. The molecule has 10 heteroatoms.